The van der Waals surface area contributed by atoms with Crippen molar-refractivity contribution in [2.75, 3.05) is 11.9 Å². The minimum Gasteiger partial charge on any atom is -0.364 e. The predicted octanol–water partition coefficient (Wildman–Crippen LogP) is 3.56. The number of halogens is 2. The molecule has 3 rings (SSSR count). The molecule has 1 aliphatic rings. The maximum Gasteiger partial charge on any atom is 0.255 e. The van der Waals surface area contributed by atoms with Crippen LogP contribution >= 0.6 is 35.3 Å². The Morgan fingerprint density at radius 2 is 2.28 bits per heavy atom. The lowest BCUT2D eigenvalue weighted by atomic mass is 10.1. The first kappa shape index (κ1) is 20.1. The smallest absolute Gasteiger partial charge is 0.255 e. The third-order valence-corrected chi connectivity index (χ3v) is 5.38. The van der Waals surface area contributed by atoms with Crippen LogP contribution in [0.4, 0.5) is 5.13 Å². The summed E-state index contributed by atoms with van der Waals surface area (Å²) in [5.74, 6) is -0.148. The first-order chi connectivity index (χ1) is 11.5. The van der Waals surface area contributed by atoms with Crippen molar-refractivity contribution < 1.29 is 9.53 Å². The van der Waals surface area contributed by atoms with Gasteiger partial charge in [-0.05, 0) is 37.0 Å². The van der Waals surface area contributed by atoms with Crippen LogP contribution in [0.25, 0.3) is 0 Å². The molecule has 1 aliphatic heterocycles. The normalized spacial score (nSPS) is 19.5. The molecule has 0 unspecified atom stereocenters. The minimum atomic E-state index is -0.429. The number of carbonyl (C=O) groups excluding carboxylic acids is 1. The number of benzene rings is 1. The van der Waals surface area contributed by atoms with E-state index in [-0.39, 0.29) is 24.4 Å². The number of carbonyl (C=O) groups is 1. The van der Waals surface area contributed by atoms with Crippen LogP contribution in [0.2, 0.25) is 5.02 Å². The summed E-state index contributed by atoms with van der Waals surface area (Å²) in [6.45, 7) is 2.43. The Balaban J connectivity index is 0.00000225. The Hall–Kier alpha value is -1.18. The van der Waals surface area contributed by atoms with Crippen LogP contribution in [-0.4, -0.2) is 29.6 Å². The number of nitrogens with one attached hydrogen (secondary N) is 1. The standard InChI is InChI=1S/C17H20ClN3O2S.ClH/c1-10-2-3-11(7-14(10)18)6-13-9-20-17(24-13)21-16(22)15-5-4-12(8-19)23-15;/h2-3,7,9,12,15H,4-6,8,19H2,1H3,(H,20,21,22);1H/t12-,15+;/m1./s1. The molecule has 0 bridgehead atoms. The van der Waals surface area contributed by atoms with Crippen molar-refractivity contribution in [2.45, 2.75) is 38.4 Å². The van der Waals surface area contributed by atoms with Crippen molar-refractivity contribution in [3.63, 3.8) is 0 Å². The fourth-order valence-electron chi connectivity index (χ4n) is 2.65. The van der Waals surface area contributed by atoms with E-state index < -0.39 is 6.10 Å². The van der Waals surface area contributed by atoms with Crippen LogP contribution in [0.3, 0.4) is 0 Å². The van der Waals surface area contributed by atoms with E-state index in [1.807, 2.05) is 19.1 Å². The summed E-state index contributed by atoms with van der Waals surface area (Å²) in [4.78, 5) is 17.5. The highest BCUT2D eigenvalue weighted by Gasteiger charge is 2.30. The molecule has 1 fully saturated rings. The van der Waals surface area contributed by atoms with Gasteiger partial charge in [-0.3, -0.25) is 10.1 Å². The molecular weight excluding hydrogens is 381 g/mol. The number of anilines is 1. The number of rotatable bonds is 5. The van der Waals surface area contributed by atoms with Gasteiger partial charge in [0, 0.05) is 29.1 Å². The highest BCUT2D eigenvalue weighted by Crippen LogP contribution is 2.25. The average molecular weight is 402 g/mol. The molecule has 1 aromatic carbocycles. The van der Waals surface area contributed by atoms with Crippen molar-refractivity contribution >= 4 is 46.4 Å². The Bertz CT molecular complexity index is 738. The van der Waals surface area contributed by atoms with Crippen molar-refractivity contribution in [2.24, 2.45) is 5.73 Å². The molecule has 0 aliphatic carbocycles. The number of ether oxygens (including phenoxy) is 1. The number of nitrogens with two attached hydrogens (primary N) is 1. The molecule has 1 amide bonds. The highest BCUT2D eigenvalue weighted by atomic mass is 35.5. The molecule has 2 aromatic rings. The van der Waals surface area contributed by atoms with E-state index in [0.717, 1.165) is 33.9 Å². The fraction of sp³-hybridized carbons (Fsp3) is 0.412. The minimum absolute atomic E-state index is 0. The largest absolute Gasteiger partial charge is 0.364 e. The van der Waals surface area contributed by atoms with Crippen molar-refractivity contribution in [1.29, 1.82) is 0 Å². The van der Waals surface area contributed by atoms with Gasteiger partial charge >= 0.3 is 0 Å². The number of hydrogen-bond donors (Lipinski definition) is 2. The van der Waals surface area contributed by atoms with Crippen molar-refractivity contribution in [3.8, 4) is 0 Å². The second-order valence-electron chi connectivity index (χ2n) is 5.94. The van der Waals surface area contributed by atoms with Crippen LogP contribution in [0.5, 0.6) is 0 Å². The van der Waals surface area contributed by atoms with E-state index in [2.05, 4.69) is 16.4 Å². The van der Waals surface area contributed by atoms with Gasteiger partial charge in [0.05, 0.1) is 6.10 Å². The number of hydrogen-bond acceptors (Lipinski definition) is 5. The fourth-order valence-corrected chi connectivity index (χ4v) is 3.71. The lowest BCUT2D eigenvalue weighted by molar-refractivity contribution is -0.126. The zero-order valence-electron chi connectivity index (χ0n) is 13.8. The number of thiazole rings is 1. The van der Waals surface area contributed by atoms with Gasteiger partial charge in [0.15, 0.2) is 5.13 Å². The summed E-state index contributed by atoms with van der Waals surface area (Å²) < 4.78 is 5.60. The van der Waals surface area contributed by atoms with Gasteiger partial charge in [-0.25, -0.2) is 4.98 Å². The van der Waals surface area contributed by atoms with E-state index in [1.165, 1.54) is 11.3 Å². The molecule has 136 valence electrons. The molecule has 2 heterocycles. The van der Waals surface area contributed by atoms with Gasteiger partial charge in [0.1, 0.15) is 6.10 Å². The van der Waals surface area contributed by atoms with Gasteiger partial charge in [0.25, 0.3) is 5.91 Å². The SMILES string of the molecule is Cc1ccc(Cc2cnc(NC(=O)[C@@H]3CC[C@H](CN)O3)s2)cc1Cl.Cl. The molecule has 1 aromatic heterocycles. The molecule has 1 saturated heterocycles. The third kappa shape index (κ3) is 5.15. The van der Waals surface area contributed by atoms with Crippen molar-refractivity contribution in [1.82, 2.24) is 4.98 Å². The van der Waals surface area contributed by atoms with Gasteiger partial charge in [-0.15, -0.1) is 23.7 Å². The molecule has 0 radical (unpaired) electrons. The van der Waals surface area contributed by atoms with E-state index in [9.17, 15) is 4.79 Å². The topological polar surface area (TPSA) is 77.2 Å². The van der Waals surface area contributed by atoms with Gasteiger partial charge in [-0.2, -0.15) is 0 Å². The Labute approximate surface area is 162 Å². The number of nitrogens with zero attached hydrogens (tertiary/aromatic N) is 1. The molecule has 0 saturated carbocycles. The predicted molar refractivity (Wildman–Crippen MR) is 104 cm³/mol. The first-order valence-corrected chi connectivity index (χ1v) is 9.10. The molecule has 8 heteroatoms. The van der Waals surface area contributed by atoms with Gasteiger partial charge in [0.2, 0.25) is 0 Å². The maximum absolute atomic E-state index is 12.2. The summed E-state index contributed by atoms with van der Waals surface area (Å²) in [5, 5.41) is 4.18. The second kappa shape index (κ2) is 8.96. The van der Waals surface area contributed by atoms with Gasteiger partial charge in [-0.1, -0.05) is 23.7 Å². The molecule has 5 nitrogen and oxygen atoms in total. The van der Waals surface area contributed by atoms with E-state index in [1.54, 1.807) is 6.20 Å². The number of aromatic nitrogens is 1. The third-order valence-electron chi connectivity index (χ3n) is 4.06. The second-order valence-corrected chi connectivity index (χ2v) is 7.46. The van der Waals surface area contributed by atoms with E-state index >= 15 is 0 Å². The van der Waals surface area contributed by atoms with Crippen LogP contribution in [0.15, 0.2) is 24.4 Å². The number of aryl methyl sites for hydroxylation is 1. The molecule has 25 heavy (non-hydrogen) atoms. The van der Waals surface area contributed by atoms with Crippen molar-refractivity contribution in [3.05, 3.63) is 45.4 Å². The lowest BCUT2D eigenvalue weighted by Gasteiger charge is -2.11. The summed E-state index contributed by atoms with van der Waals surface area (Å²) in [7, 11) is 0. The van der Waals surface area contributed by atoms with Crippen LogP contribution < -0.4 is 11.1 Å². The summed E-state index contributed by atoms with van der Waals surface area (Å²) >= 11 is 7.62. The molecule has 2 atom stereocenters. The quantitative estimate of drug-likeness (QED) is 0.802. The molecule has 0 spiro atoms. The Morgan fingerprint density at radius 1 is 1.48 bits per heavy atom. The highest BCUT2D eigenvalue weighted by molar-refractivity contribution is 7.15. The zero-order chi connectivity index (χ0) is 17.1. The summed E-state index contributed by atoms with van der Waals surface area (Å²) in [6.07, 6.45) is 3.61. The van der Waals surface area contributed by atoms with Crippen LogP contribution in [0.1, 0.15) is 28.8 Å². The monoisotopic (exact) mass is 401 g/mol. The Kier molecular flexibility index (Phi) is 7.22. The van der Waals surface area contributed by atoms with E-state index in [0.29, 0.717) is 18.1 Å². The van der Waals surface area contributed by atoms with Gasteiger partial charge < -0.3 is 10.5 Å². The Morgan fingerprint density at radius 3 is 2.96 bits per heavy atom. The molecular formula is C17H21Cl2N3O2S. The summed E-state index contributed by atoms with van der Waals surface area (Å²) in [6, 6.07) is 6.03. The first-order valence-electron chi connectivity index (χ1n) is 7.91. The average Bonchev–Trinajstić information content (AvgIpc) is 3.20. The number of amides is 1. The lowest BCUT2D eigenvalue weighted by Crippen LogP contribution is -2.29. The van der Waals surface area contributed by atoms with E-state index in [4.69, 9.17) is 22.1 Å². The van der Waals surface area contributed by atoms with Crippen LogP contribution in [0, 0.1) is 6.92 Å². The maximum atomic E-state index is 12.2. The zero-order valence-corrected chi connectivity index (χ0v) is 16.2. The summed E-state index contributed by atoms with van der Waals surface area (Å²) in [5.41, 5.74) is 7.75. The van der Waals surface area contributed by atoms with Crippen LogP contribution in [-0.2, 0) is 16.0 Å². The molecule has 3 N–H and O–H groups in total.